The topological polar surface area (TPSA) is 96.6 Å². The first kappa shape index (κ1) is 24.5. The number of carbonyl (C=O) groups excluding carboxylic acids is 1. The van der Waals surface area contributed by atoms with Crippen molar-refractivity contribution in [2.45, 2.75) is 33.6 Å². The molecule has 2 aliphatic heterocycles. The van der Waals surface area contributed by atoms with Crippen LogP contribution in [0.15, 0.2) is 52.1 Å². The number of thioether (sulfide) groups is 1. The summed E-state index contributed by atoms with van der Waals surface area (Å²) < 4.78 is 17.2. The van der Waals surface area contributed by atoms with Gasteiger partial charge in [0.15, 0.2) is 17.3 Å². The fraction of sp³-hybridized carbons (Fsp3) is 0.308. The first-order valence-corrected chi connectivity index (χ1v) is 12.3. The summed E-state index contributed by atoms with van der Waals surface area (Å²) in [5, 5.41) is 15.5. The summed E-state index contributed by atoms with van der Waals surface area (Å²) in [7, 11) is 1.56. The van der Waals surface area contributed by atoms with E-state index < -0.39 is 5.91 Å². The second-order valence-corrected chi connectivity index (χ2v) is 9.02. The molecular formula is C26H28N4O4S. The zero-order valence-electron chi connectivity index (χ0n) is 20.3. The Morgan fingerprint density at radius 2 is 1.86 bits per heavy atom. The molecule has 1 amide bonds. The van der Waals surface area contributed by atoms with E-state index >= 15 is 0 Å². The van der Waals surface area contributed by atoms with Crippen molar-refractivity contribution in [1.29, 1.82) is 5.41 Å². The smallest absolute Gasteiger partial charge is 0.283 e. The highest BCUT2D eigenvalue weighted by Gasteiger charge is 2.35. The van der Waals surface area contributed by atoms with Crippen LogP contribution in [0.3, 0.4) is 0 Å². The van der Waals surface area contributed by atoms with Crippen molar-refractivity contribution in [2.24, 2.45) is 10.1 Å². The van der Waals surface area contributed by atoms with Crippen molar-refractivity contribution in [2.75, 3.05) is 20.3 Å². The number of hydrazone groups is 1. The molecule has 35 heavy (non-hydrogen) atoms. The number of amides is 1. The number of aliphatic imine (C=N–C) groups is 1. The summed E-state index contributed by atoms with van der Waals surface area (Å²) in [5.74, 6) is 1.46. The van der Waals surface area contributed by atoms with Crippen LogP contribution in [0.25, 0.3) is 6.08 Å². The molecule has 0 fully saturated rings. The molecule has 2 aliphatic rings. The Morgan fingerprint density at radius 3 is 2.60 bits per heavy atom. The third-order valence-electron chi connectivity index (χ3n) is 5.43. The van der Waals surface area contributed by atoms with Crippen LogP contribution in [-0.2, 0) is 11.2 Å². The first-order chi connectivity index (χ1) is 16.9. The zero-order chi connectivity index (χ0) is 24.9. The molecule has 0 spiro atoms. The highest BCUT2D eigenvalue weighted by Crippen LogP contribution is 2.32. The van der Waals surface area contributed by atoms with E-state index in [0.29, 0.717) is 35.4 Å². The van der Waals surface area contributed by atoms with Crippen LogP contribution in [0.4, 0.5) is 0 Å². The Morgan fingerprint density at radius 1 is 1.06 bits per heavy atom. The first-order valence-electron chi connectivity index (χ1n) is 11.4. The fourth-order valence-electron chi connectivity index (χ4n) is 3.66. The standard InChI is InChI=1S/C26H28N4O4S/c1-5-17-11-16(3)12-19(13-17)33-9-10-34-21-8-7-18(15-22(21)32-4)14-20-24(27)30-26(28-25(20)31)35-23(6-2)29-30/h7-8,11-15,27H,5-6,9-10H2,1-4H3/b20-14+,27-24?. The minimum absolute atomic E-state index is 0.00905. The fourth-order valence-corrected chi connectivity index (χ4v) is 4.48. The average Bonchev–Trinajstić information content (AvgIpc) is 3.27. The Kier molecular flexibility index (Phi) is 7.55. The number of hydrogen-bond acceptors (Lipinski definition) is 7. The molecule has 0 unspecified atom stereocenters. The monoisotopic (exact) mass is 492 g/mol. The van der Waals surface area contributed by atoms with Crippen molar-refractivity contribution < 1.29 is 19.0 Å². The Bertz CT molecular complexity index is 1250. The van der Waals surface area contributed by atoms with Gasteiger partial charge in [0.05, 0.1) is 12.7 Å². The molecule has 2 heterocycles. The van der Waals surface area contributed by atoms with Crippen LogP contribution >= 0.6 is 11.8 Å². The minimum Gasteiger partial charge on any atom is -0.493 e. The number of nitrogens with one attached hydrogen (secondary N) is 1. The van der Waals surface area contributed by atoms with Gasteiger partial charge in [0.2, 0.25) is 5.17 Å². The SMILES string of the molecule is CCC1=NN2C(=N)/C(=C\c3ccc(OCCOc4cc(C)cc(CC)c4)c(OC)c3)C(=O)N=C2S1. The van der Waals surface area contributed by atoms with Gasteiger partial charge in [-0.25, -0.2) is 0 Å². The molecule has 1 N–H and O–H groups in total. The van der Waals surface area contributed by atoms with Crippen molar-refractivity contribution in [3.05, 3.63) is 58.7 Å². The van der Waals surface area contributed by atoms with Crippen LogP contribution in [0, 0.1) is 12.3 Å². The molecule has 182 valence electrons. The number of nitrogens with zero attached hydrogens (tertiary/aromatic N) is 3. The zero-order valence-corrected chi connectivity index (χ0v) is 21.1. The number of aryl methyl sites for hydroxylation is 2. The number of amidine groups is 2. The van der Waals surface area contributed by atoms with Crippen LogP contribution in [0.5, 0.6) is 17.2 Å². The summed E-state index contributed by atoms with van der Waals surface area (Å²) >= 11 is 1.32. The lowest BCUT2D eigenvalue weighted by atomic mass is 10.1. The number of carbonyl (C=O) groups is 1. The van der Waals surface area contributed by atoms with E-state index in [1.165, 1.54) is 27.9 Å². The highest BCUT2D eigenvalue weighted by molar-refractivity contribution is 8.26. The largest absolute Gasteiger partial charge is 0.493 e. The van der Waals surface area contributed by atoms with Crippen molar-refractivity contribution in [3.63, 3.8) is 0 Å². The molecule has 0 saturated heterocycles. The predicted octanol–water partition coefficient (Wildman–Crippen LogP) is 5.05. The van der Waals surface area contributed by atoms with Crippen molar-refractivity contribution >= 4 is 39.8 Å². The number of ether oxygens (including phenoxy) is 3. The van der Waals surface area contributed by atoms with Gasteiger partial charge in [-0.1, -0.05) is 26.0 Å². The Hall–Kier alpha value is -3.59. The predicted molar refractivity (Wildman–Crippen MR) is 140 cm³/mol. The van der Waals surface area contributed by atoms with Gasteiger partial charge in [0.1, 0.15) is 24.0 Å². The number of rotatable bonds is 9. The molecular weight excluding hydrogens is 464 g/mol. The third-order valence-corrected chi connectivity index (χ3v) is 6.48. The Balaban J connectivity index is 1.43. The second kappa shape index (κ2) is 10.8. The molecule has 2 aromatic rings. The van der Waals surface area contributed by atoms with Crippen molar-refractivity contribution in [3.8, 4) is 17.2 Å². The lowest BCUT2D eigenvalue weighted by Gasteiger charge is -2.20. The molecule has 0 saturated carbocycles. The van der Waals surface area contributed by atoms with E-state index in [-0.39, 0.29) is 11.4 Å². The molecule has 0 aliphatic carbocycles. The van der Waals surface area contributed by atoms with Crippen molar-refractivity contribution in [1.82, 2.24) is 5.01 Å². The van der Waals surface area contributed by atoms with Crippen LogP contribution < -0.4 is 14.2 Å². The van der Waals surface area contributed by atoms with Gasteiger partial charge in [-0.15, -0.1) is 0 Å². The maximum absolute atomic E-state index is 12.6. The molecule has 0 radical (unpaired) electrons. The normalized spacial score (nSPS) is 16.2. The highest BCUT2D eigenvalue weighted by atomic mass is 32.2. The van der Waals surface area contributed by atoms with E-state index in [9.17, 15) is 4.79 Å². The average molecular weight is 493 g/mol. The van der Waals surface area contributed by atoms with E-state index in [1.54, 1.807) is 31.4 Å². The lowest BCUT2D eigenvalue weighted by molar-refractivity contribution is -0.114. The lowest BCUT2D eigenvalue weighted by Crippen LogP contribution is -2.35. The molecule has 8 nitrogen and oxygen atoms in total. The maximum Gasteiger partial charge on any atom is 0.283 e. The second-order valence-electron chi connectivity index (χ2n) is 7.98. The number of fused-ring (bicyclic) bond motifs is 1. The van der Waals surface area contributed by atoms with Crippen LogP contribution in [0.1, 0.15) is 37.0 Å². The van der Waals surface area contributed by atoms with E-state index in [0.717, 1.165) is 23.6 Å². The molecule has 0 aromatic heterocycles. The Labute approximate surface area is 209 Å². The van der Waals surface area contributed by atoms with Gasteiger partial charge in [0.25, 0.3) is 5.91 Å². The summed E-state index contributed by atoms with van der Waals surface area (Å²) in [5.41, 5.74) is 3.26. The minimum atomic E-state index is -0.458. The quantitative estimate of drug-likeness (QED) is 0.389. The van der Waals surface area contributed by atoms with E-state index in [2.05, 4.69) is 30.0 Å². The summed E-state index contributed by atoms with van der Waals surface area (Å²) in [6.07, 6.45) is 3.29. The van der Waals surface area contributed by atoms with E-state index in [4.69, 9.17) is 19.6 Å². The van der Waals surface area contributed by atoms with Crippen LogP contribution in [-0.4, -0.2) is 47.3 Å². The van der Waals surface area contributed by atoms with Gasteiger partial charge in [-0.2, -0.15) is 15.1 Å². The summed E-state index contributed by atoms with van der Waals surface area (Å²) in [6, 6.07) is 11.5. The molecule has 0 atom stereocenters. The van der Waals surface area contributed by atoms with Gasteiger partial charge >= 0.3 is 0 Å². The molecule has 9 heteroatoms. The number of hydrogen-bond donors (Lipinski definition) is 1. The number of benzene rings is 2. The van der Waals surface area contributed by atoms with E-state index in [1.807, 2.05) is 19.1 Å². The summed E-state index contributed by atoms with van der Waals surface area (Å²) in [6.45, 7) is 6.88. The van der Waals surface area contributed by atoms with Gasteiger partial charge in [-0.05, 0) is 78.6 Å². The third kappa shape index (κ3) is 5.57. The molecule has 4 rings (SSSR count). The maximum atomic E-state index is 12.6. The van der Waals surface area contributed by atoms with Gasteiger partial charge in [-0.3, -0.25) is 10.2 Å². The van der Waals surface area contributed by atoms with Gasteiger partial charge < -0.3 is 14.2 Å². The molecule has 0 bridgehead atoms. The summed E-state index contributed by atoms with van der Waals surface area (Å²) in [4.78, 5) is 16.7. The van der Waals surface area contributed by atoms with Crippen LogP contribution in [0.2, 0.25) is 0 Å². The van der Waals surface area contributed by atoms with Gasteiger partial charge in [0, 0.05) is 0 Å². The molecule has 2 aromatic carbocycles. The number of methoxy groups -OCH3 is 1.